The zero-order valence-electron chi connectivity index (χ0n) is 17.1. The lowest BCUT2D eigenvalue weighted by molar-refractivity contribution is -0.134. The van der Waals surface area contributed by atoms with Crippen LogP contribution in [0.5, 0.6) is 0 Å². The van der Waals surface area contributed by atoms with Gasteiger partial charge in [-0.3, -0.25) is 10.0 Å². The maximum Gasteiger partial charge on any atom is 0.266 e. The van der Waals surface area contributed by atoms with Gasteiger partial charge in [0.25, 0.3) is 5.91 Å². The van der Waals surface area contributed by atoms with Crippen molar-refractivity contribution in [2.45, 2.75) is 17.6 Å². The molecule has 166 valence electrons. The van der Waals surface area contributed by atoms with E-state index in [1.165, 1.54) is 4.31 Å². The lowest BCUT2D eigenvalue weighted by Gasteiger charge is -2.41. The molecule has 2 N–H and O–H groups in total. The zero-order chi connectivity index (χ0) is 21.9. The van der Waals surface area contributed by atoms with Gasteiger partial charge in [0.2, 0.25) is 10.0 Å². The second-order valence-electron chi connectivity index (χ2n) is 7.71. The van der Waals surface area contributed by atoms with Crippen LogP contribution < -0.4 is 10.4 Å². The molecule has 0 spiro atoms. The topological polar surface area (TPSA) is 112 Å². The van der Waals surface area contributed by atoms with E-state index in [-0.39, 0.29) is 39.1 Å². The van der Waals surface area contributed by atoms with Crippen LogP contribution in [0.15, 0.2) is 48.7 Å². The number of pyridine rings is 1. The van der Waals surface area contributed by atoms with Crippen molar-refractivity contribution in [3.63, 3.8) is 0 Å². The average Bonchev–Trinajstić information content (AvgIpc) is 2.84. The lowest BCUT2D eigenvalue weighted by atomic mass is 9.98. The SMILES string of the molecule is O=C(NO)C1(S(=O)(=O)N2CCN(c3ccc(-c4ccccc4)cn3)CC2)CCOCC1. The Kier molecular flexibility index (Phi) is 6.24. The summed E-state index contributed by atoms with van der Waals surface area (Å²) >= 11 is 0. The van der Waals surface area contributed by atoms with E-state index in [0.717, 1.165) is 16.9 Å². The van der Waals surface area contributed by atoms with Crippen LogP contribution in [0.1, 0.15) is 12.8 Å². The van der Waals surface area contributed by atoms with Crippen LogP contribution in [0.3, 0.4) is 0 Å². The highest BCUT2D eigenvalue weighted by molar-refractivity contribution is 7.91. The molecule has 4 rings (SSSR count). The smallest absolute Gasteiger partial charge is 0.266 e. The van der Waals surface area contributed by atoms with Gasteiger partial charge in [0.1, 0.15) is 5.82 Å². The number of hydrogen-bond acceptors (Lipinski definition) is 7. The molecular formula is C21H26N4O5S. The minimum absolute atomic E-state index is 0.0183. The van der Waals surface area contributed by atoms with E-state index in [4.69, 9.17) is 9.94 Å². The molecule has 0 saturated carbocycles. The van der Waals surface area contributed by atoms with Gasteiger partial charge in [0, 0.05) is 64.0 Å². The summed E-state index contributed by atoms with van der Waals surface area (Å²) in [6.07, 6.45) is 1.85. The maximum atomic E-state index is 13.4. The molecule has 3 heterocycles. The minimum atomic E-state index is -3.97. The molecule has 2 aromatic rings. The Morgan fingerprint density at radius 2 is 1.68 bits per heavy atom. The Morgan fingerprint density at radius 3 is 2.26 bits per heavy atom. The Bertz CT molecular complexity index is 1000. The summed E-state index contributed by atoms with van der Waals surface area (Å²) in [6, 6.07) is 13.9. The van der Waals surface area contributed by atoms with Gasteiger partial charge in [-0.05, 0) is 17.7 Å². The molecule has 31 heavy (non-hydrogen) atoms. The summed E-state index contributed by atoms with van der Waals surface area (Å²) < 4.78 is 31.7. The first kappa shape index (κ1) is 21.7. The van der Waals surface area contributed by atoms with Crippen LogP contribution in [-0.2, 0) is 19.6 Å². The number of nitrogens with one attached hydrogen (secondary N) is 1. The van der Waals surface area contributed by atoms with Crippen molar-refractivity contribution < 1.29 is 23.2 Å². The highest BCUT2D eigenvalue weighted by atomic mass is 32.2. The highest BCUT2D eigenvalue weighted by Gasteiger charge is 2.54. The van der Waals surface area contributed by atoms with E-state index in [0.29, 0.717) is 13.1 Å². The number of ether oxygens (including phenoxy) is 1. The predicted octanol–water partition coefficient (Wildman–Crippen LogP) is 1.25. The van der Waals surface area contributed by atoms with Crippen molar-refractivity contribution in [2.24, 2.45) is 0 Å². The lowest BCUT2D eigenvalue weighted by Crippen LogP contribution is -2.62. The van der Waals surface area contributed by atoms with Gasteiger partial charge in [-0.1, -0.05) is 30.3 Å². The van der Waals surface area contributed by atoms with Gasteiger partial charge in [-0.15, -0.1) is 0 Å². The molecule has 2 aliphatic rings. The number of benzene rings is 1. The van der Waals surface area contributed by atoms with Crippen molar-refractivity contribution in [3.8, 4) is 11.1 Å². The fraction of sp³-hybridized carbons (Fsp3) is 0.429. The summed E-state index contributed by atoms with van der Waals surface area (Å²) in [6.45, 7) is 1.72. The summed E-state index contributed by atoms with van der Waals surface area (Å²) in [4.78, 5) is 19.0. The van der Waals surface area contributed by atoms with Crippen molar-refractivity contribution in [3.05, 3.63) is 48.7 Å². The molecule has 2 fully saturated rings. The van der Waals surface area contributed by atoms with E-state index in [1.54, 1.807) is 5.48 Å². The summed E-state index contributed by atoms with van der Waals surface area (Å²) in [5.74, 6) is -0.109. The van der Waals surface area contributed by atoms with Gasteiger partial charge in [-0.25, -0.2) is 18.9 Å². The number of aromatic nitrogens is 1. The molecule has 0 aliphatic carbocycles. The average molecular weight is 447 g/mol. The molecule has 0 atom stereocenters. The van der Waals surface area contributed by atoms with Crippen molar-refractivity contribution in [1.29, 1.82) is 0 Å². The molecule has 2 aliphatic heterocycles. The molecule has 0 bridgehead atoms. The number of piperazine rings is 1. The number of carbonyl (C=O) groups excluding carboxylic acids is 1. The maximum absolute atomic E-state index is 13.4. The van der Waals surface area contributed by atoms with Gasteiger partial charge in [-0.2, -0.15) is 4.31 Å². The normalized spacial score (nSPS) is 19.7. The first-order valence-electron chi connectivity index (χ1n) is 10.3. The Labute approximate surface area is 181 Å². The molecule has 1 aromatic heterocycles. The molecule has 1 aromatic carbocycles. The summed E-state index contributed by atoms with van der Waals surface area (Å²) in [5, 5.41) is 9.17. The molecule has 0 unspecified atom stereocenters. The third-order valence-corrected chi connectivity index (χ3v) is 8.69. The molecule has 2 saturated heterocycles. The fourth-order valence-corrected chi connectivity index (χ4v) is 6.29. The van der Waals surface area contributed by atoms with Crippen LogP contribution in [0.2, 0.25) is 0 Å². The first-order chi connectivity index (χ1) is 15.0. The third-order valence-electron chi connectivity index (χ3n) is 6.07. The zero-order valence-corrected chi connectivity index (χ0v) is 17.9. The van der Waals surface area contributed by atoms with Crippen molar-refractivity contribution in [2.75, 3.05) is 44.3 Å². The Balaban J connectivity index is 1.46. The number of amides is 1. The fourth-order valence-electron chi connectivity index (χ4n) is 4.18. The number of sulfonamides is 1. The third kappa shape index (κ3) is 4.03. The van der Waals surface area contributed by atoms with Crippen molar-refractivity contribution >= 4 is 21.7 Å². The van der Waals surface area contributed by atoms with E-state index in [2.05, 4.69) is 4.98 Å². The second kappa shape index (κ2) is 8.91. The molecule has 9 nitrogen and oxygen atoms in total. The standard InChI is InChI=1S/C21H26N4O5S/c26-20(23-27)21(8-14-30-15-9-21)31(28,29)25-12-10-24(11-13-25)19-7-6-18(16-22-19)17-4-2-1-3-5-17/h1-7,16,27H,8-15H2,(H,23,26). The molecule has 10 heteroatoms. The summed E-state index contributed by atoms with van der Waals surface area (Å²) in [7, 11) is -3.97. The monoisotopic (exact) mass is 446 g/mol. The predicted molar refractivity (Wildman–Crippen MR) is 115 cm³/mol. The van der Waals surface area contributed by atoms with Gasteiger partial charge >= 0.3 is 0 Å². The molecular weight excluding hydrogens is 420 g/mol. The van der Waals surface area contributed by atoms with E-state index in [1.807, 2.05) is 53.6 Å². The van der Waals surface area contributed by atoms with E-state index >= 15 is 0 Å². The summed E-state index contributed by atoms with van der Waals surface area (Å²) in [5.41, 5.74) is 3.65. The van der Waals surface area contributed by atoms with E-state index < -0.39 is 20.7 Å². The van der Waals surface area contributed by atoms with Crippen LogP contribution in [-0.4, -0.2) is 73.0 Å². The van der Waals surface area contributed by atoms with Crippen LogP contribution in [0.25, 0.3) is 11.1 Å². The minimum Gasteiger partial charge on any atom is -0.381 e. The Hall–Kier alpha value is -2.53. The van der Waals surface area contributed by atoms with Gasteiger partial charge < -0.3 is 9.64 Å². The second-order valence-corrected chi connectivity index (χ2v) is 9.96. The van der Waals surface area contributed by atoms with Gasteiger partial charge in [0.05, 0.1) is 0 Å². The number of rotatable bonds is 5. The number of nitrogens with zero attached hydrogens (tertiary/aromatic N) is 3. The largest absolute Gasteiger partial charge is 0.381 e. The number of hydroxylamine groups is 1. The Morgan fingerprint density at radius 1 is 1.00 bits per heavy atom. The van der Waals surface area contributed by atoms with Crippen LogP contribution in [0.4, 0.5) is 5.82 Å². The van der Waals surface area contributed by atoms with Gasteiger partial charge in [0.15, 0.2) is 4.75 Å². The number of hydrogen-bond donors (Lipinski definition) is 2. The number of carbonyl (C=O) groups is 1. The number of anilines is 1. The van der Waals surface area contributed by atoms with E-state index in [9.17, 15) is 13.2 Å². The first-order valence-corrected chi connectivity index (χ1v) is 11.7. The van der Waals surface area contributed by atoms with Crippen LogP contribution >= 0.6 is 0 Å². The molecule has 1 amide bonds. The quantitative estimate of drug-likeness (QED) is 0.525. The highest BCUT2D eigenvalue weighted by Crippen LogP contribution is 2.33. The molecule has 0 radical (unpaired) electrons. The van der Waals surface area contributed by atoms with Crippen molar-refractivity contribution in [1.82, 2.24) is 14.8 Å². The van der Waals surface area contributed by atoms with Crippen LogP contribution in [0, 0.1) is 0 Å².